The maximum Gasteiger partial charge on any atom is 0.573 e. The normalized spacial score (nSPS) is 21.5. The van der Waals surface area contributed by atoms with Crippen LogP contribution in [-0.4, -0.2) is 42.3 Å². The molecule has 7 nitrogen and oxygen atoms in total. The van der Waals surface area contributed by atoms with Gasteiger partial charge in [0.25, 0.3) is 0 Å². The van der Waals surface area contributed by atoms with Gasteiger partial charge in [-0.25, -0.2) is 4.79 Å². The molecule has 3 aromatic rings. The largest absolute Gasteiger partial charge is 0.573 e. The standard InChI is InChI=1S/C32H31F3N2O5/c1-2-39-29(38)16-9-20-7-12-22(13-8-20)37-23-14-15-24(37)18-25(17-23)40-19-27-30(36-42-31(27)21-10-11-21)26-5-3-4-6-28(26)41-32(33,34)35/h3-8,12-13,21,23-25H,2,10-11,14-15,17-19H2,1H3. The fourth-order valence-electron chi connectivity index (χ4n) is 6.11. The molecule has 0 spiro atoms. The third kappa shape index (κ3) is 6.26. The summed E-state index contributed by atoms with van der Waals surface area (Å²) in [5, 5.41) is 4.19. The Hall–Kier alpha value is -3.97. The van der Waals surface area contributed by atoms with E-state index in [0.717, 1.165) is 49.8 Å². The highest BCUT2D eigenvalue weighted by Gasteiger charge is 2.42. The molecule has 2 atom stereocenters. The Morgan fingerprint density at radius 2 is 1.76 bits per heavy atom. The van der Waals surface area contributed by atoms with Crippen molar-refractivity contribution < 1.29 is 36.7 Å². The Labute approximate surface area is 241 Å². The monoisotopic (exact) mass is 580 g/mol. The molecule has 1 saturated carbocycles. The van der Waals surface area contributed by atoms with E-state index < -0.39 is 12.3 Å². The van der Waals surface area contributed by atoms with E-state index in [9.17, 15) is 18.0 Å². The molecule has 3 aliphatic rings. The molecule has 0 amide bonds. The second-order valence-electron chi connectivity index (χ2n) is 10.9. The van der Waals surface area contributed by atoms with Crippen LogP contribution in [0.1, 0.15) is 68.3 Å². The number of rotatable bonds is 8. The van der Waals surface area contributed by atoms with E-state index in [4.69, 9.17) is 14.0 Å². The van der Waals surface area contributed by atoms with Gasteiger partial charge in [0.05, 0.1) is 19.3 Å². The molecule has 220 valence electrons. The first-order valence-corrected chi connectivity index (χ1v) is 14.3. The van der Waals surface area contributed by atoms with Gasteiger partial charge < -0.3 is 23.6 Å². The van der Waals surface area contributed by atoms with Crippen molar-refractivity contribution in [1.82, 2.24) is 5.16 Å². The zero-order valence-electron chi connectivity index (χ0n) is 23.2. The van der Waals surface area contributed by atoms with Crippen LogP contribution in [-0.2, 0) is 20.9 Å². The van der Waals surface area contributed by atoms with Crippen LogP contribution < -0.4 is 9.64 Å². The van der Waals surface area contributed by atoms with Gasteiger partial charge in [-0.3, -0.25) is 0 Å². The van der Waals surface area contributed by atoms with E-state index in [1.165, 1.54) is 12.1 Å². The molecule has 42 heavy (non-hydrogen) atoms. The average molecular weight is 581 g/mol. The Morgan fingerprint density at radius 3 is 2.43 bits per heavy atom. The van der Waals surface area contributed by atoms with E-state index in [2.05, 4.69) is 26.6 Å². The highest BCUT2D eigenvalue weighted by molar-refractivity contribution is 5.89. The van der Waals surface area contributed by atoms with Crippen molar-refractivity contribution in [2.45, 2.75) is 82.5 Å². The lowest BCUT2D eigenvalue weighted by atomic mass is 9.98. The molecule has 6 rings (SSSR count). The topological polar surface area (TPSA) is 74.0 Å². The third-order valence-corrected chi connectivity index (χ3v) is 8.04. The van der Waals surface area contributed by atoms with Crippen molar-refractivity contribution >= 4 is 11.7 Å². The van der Waals surface area contributed by atoms with Crippen molar-refractivity contribution in [2.75, 3.05) is 11.5 Å². The summed E-state index contributed by atoms with van der Waals surface area (Å²) >= 11 is 0. The molecule has 2 aliphatic heterocycles. The predicted molar refractivity (Wildman–Crippen MR) is 148 cm³/mol. The number of hydrogen-bond donors (Lipinski definition) is 0. The van der Waals surface area contributed by atoms with Crippen LogP contribution in [0.25, 0.3) is 11.3 Å². The summed E-state index contributed by atoms with van der Waals surface area (Å²) in [6.45, 7) is 2.25. The summed E-state index contributed by atoms with van der Waals surface area (Å²) in [4.78, 5) is 14.0. The summed E-state index contributed by atoms with van der Waals surface area (Å²) in [6.07, 6.45) is 0.897. The number of alkyl halides is 3. The Bertz CT molecular complexity index is 1470. The van der Waals surface area contributed by atoms with E-state index in [1.807, 2.05) is 24.3 Å². The lowest BCUT2D eigenvalue weighted by Gasteiger charge is -2.40. The molecule has 1 aromatic heterocycles. The van der Waals surface area contributed by atoms with Gasteiger partial charge in [-0.15, -0.1) is 13.2 Å². The zero-order valence-corrected chi connectivity index (χ0v) is 23.2. The van der Waals surface area contributed by atoms with Gasteiger partial charge in [0, 0.05) is 46.3 Å². The number of anilines is 1. The lowest BCUT2D eigenvalue weighted by Crippen LogP contribution is -2.45. The van der Waals surface area contributed by atoms with Crippen LogP contribution in [0.5, 0.6) is 5.75 Å². The molecule has 0 radical (unpaired) electrons. The zero-order chi connectivity index (χ0) is 29.3. The second-order valence-corrected chi connectivity index (χ2v) is 10.9. The Balaban J connectivity index is 1.14. The molecule has 2 aromatic carbocycles. The number of fused-ring (bicyclic) bond motifs is 2. The van der Waals surface area contributed by atoms with Crippen LogP contribution in [0.3, 0.4) is 0 Å². The van der Waals surface area contributed by atoms with Gasteiger partial charge in [0.15, 0.2) is 0 Å². The maximum atomic E-state index is 13.1. The lowest BCUT2D eigenvalue weighted by molar-refractivity contribution is -0.274. The molecule has 2 bridgehead atoms. The number of carbonyl (C=O) groups excluding carboxylic acids is 1. The fourth-order valence-corrected chi connectivity index (χ4v) is 6.11. The minimum Gasteiger partial charge on any atom is -0.456 e. The first-order chi connectivity index (χ1) is 20.3. The van der Waals surface area contributed by atoms with Crippen molar-refractivity contribution in [3.63, 3.8) is 0 Å². The number of carbonyl (C=O) groups is 1. The van der Waals surface area contributed by atoms with Gasteiger partial charge in [-0.1, -0.05) is 23.2 Å². The van der Waals surface area contributed by atoms with E-state index in [0.29, 0.717) is 35.7 Å². The van der Waals surface area contributed by atoms with Gasteiger partial charge >= 0.3 is 12.3 Å². The number of benzene rings is 2. The van der Waals surface area contributed by atoms with Gasteiger partial charge in [-0.2, -0.15) is 0 Å². The van der Waals surface area contributed by atoms with Crippen molar-refractivity contribution in [2.24, 2.45) is 0 Å². The number of piperidine rings is 1. The molecule has 3 fully saturated rings. The highest BCUT2D eigenvalue weighted by atomic mass is 19.4. The number of nitrogens with zero attached hydrogens (tertiary/aromatic N) is 2. The van der Waals surface area contributed by atoms with Crippen LogP contribution in [0.4, 0.5) is 18.9 Å². The molecule has 2 unspecified atom stereocenters. The van der Waals surface area contributed by atoms with Crippen LogP contribution in [0.15, 0.2) is 53.1 Å². The molecule has 3 heterocycles. The average Bonchev–Trinajstić information content (AvgIpc) is 3.66. The van der Waals surface area contributed by atoms with Gasteiger partial charge in [-0.05, 0) is 81.8 Å². The highest BCUT2D eigenvalue weighted by Crippen LogP contribution is 2.46. The maximum absolute atomic E-state index is 13.1. The first kappa shape index (κ1) is 28.2. The molecular weight excluding hydrogens is 549 g/mol. The fraction of sp³-hybridized carbons (Fsp3) is 0.438. The SMILES string of the molecule is CCOC(=O)C#Cc1ccc(N2C3CCC2CC(OCc2c(-c4ccccc4OC(F)(F)F)noc2C2CC2)C3)cc1. The number of ether oxygens (including phenoxy) is 3. The van der Waals surface area contributed by atoms with Crippen LogP contribution in [0.2, 0.25) is 0 Å². The number of esters is 1. The second kappa shape index (κ2) is 11.7. The number of para-hydroxylation sites is 1. The summed E-state index contributed by atoms with van der Waals surface area (Å²) in [5.41, 5.74) is 3.12. The van der Waals surface area contributed by atoms with Gasteiger partial charge in [0.2, 0.25) is 0 Å². The molecular formula is C32H31F3N2O5. The number of halogens is 3. The molecule has 10 heteroatoms. The molecule has 1 aliphatic carbocycles. The Morgan fingerprint density at radius 1 is 1.05 bits per heavy atom. The summed E-state index contributed by atoms with van der Waals surface area (Å²) in [6, 6.07) is 14.5. The van der Waals surface area contributed by atoms with E-state index in [1.54, 1.807) is 19.1 Å². The van der Waals surface area contributed by atoms with Crippen molar-refractivity contribution in [1.29, 1.82) is 0 Å². The quantitative estimate of drug-likeness (QED) is 0.216. The molecule has 2 saturated heterocycles. The minimum absolute atomic E-state index is 0.00457. The number of hydrogen-bond acceptors (Lipinski definition) is 7. The van der Waals surface area contributed by atoms with Crippen molar-refractivity contribution in [3.8, 4) is 28.8 Å². The summed E-state index contributed by atoms with van der Waals surface area (Å²) in [7, 11) is 0. The predicted octanol–water partition coefficient (Wildman–Crippen LogP) is 6.75. The summed E-state index contributed by atoms with van der Waals surface area (Å²) < 4.78 is 60.6. The Kier molecular flexibility index (Phi) is 7.86. The third-order valence-electron chi connectivity index (χ3n) is 8.04. The summed E-state index contributed by atoms with van der Waals surface area (Å²) in [5.74, 6) is 5.39. The van der Waals surface area contributed by atoms with Crippen LogP contribution in [0, 0.1) is 11.8 Å². The number of aromatic nitrogens is 1. The van der Waals surface area contributed by atoms with Crippen molar-refractivity contribution in [3.05, 3.63) is 65.4 Å². The van der Waals surface area contributed by atoms with Gasteiger partial charge in [0.1, 0.15) is 17.2 Å². The van der Waals surface area contributed by atoms with E-state index >= 15 is 0 Å². The van der Waals surface area contributed by atoms with E-state index in [-0.39, 0.29) is 29.9 Å². The minimum atomic E-state index is -4.82. The first-order valence-electron chi connectivity index (χ1n) is 14.3. The van der Waals surface area contributed by atoms with Crippen LogP contribution >= 0.6 is 0 Å². The smallest absolute Gasteiger partial charge is 0.456 e. The molecule has 0 N–H and O–H groups in total.